The van der Waals surface area contributed by atoms with Crippen molar-refractivity contribution in [3.63, 3.8) is 0 Å². The Morgan fingerprint density at radius 2 is 2.12 bits per heavy atom. The molecule has 0 fully saturated rings. The van der Waals surface area contributed by atoms with E-state index >= 15 is 0 Å². The highest BCUT2D eigenvalue weighted by molar-refractivity contribution is 8.00. The fourth-order valence-electron chi connectivity index (χ4n) is 2.35. The Balaban J connectivity index is 1.75. The Kier molecular flexibility index (Phi) is 5.40. The normalized spacial score (nSPS) is 10.5. The maximum Gasteiger partial charge on any atom is 0.234 e. The third kappa shape index (κ3) is 4.13. The molecular weight excluding hydrogens is 373 g/mol. The lowest BCUT2D eigenvalue weighted by atomic mass is 10.1. The summed E-state index contributed by atoms with van der Waals surface area (Å²) in [5.74, 6) is -0.783. The second kappa shape index (κ2) is 7.73. The number of aryl methyl sites for hydroxylation is 1. The van der Waals surface area contributed by atoms with Crippen LogP contribution < -0.4 is 5.32 Å². The third-order valence-corrected chi connectivity index (χ3v) is 4.88. The third-order valence-electron chi connectivity index (χ3n) is 3.60. The summed E-state index contributed by atoms with van der Waals surface area (Å²) in [6, 6.07) is 13.6. The molecule has 0 saturated carbocycles. The average Bonchev–Trinajstić information content (AvgIpc) is 2.62. The van der Waals surface area contributed by atoms with Crippen molar-refractivity contribution in [1.82, 2.24) is 4.98 Å². The summed E-state index contributed by atoms with van der Waals surface area (Å²) < 4.78 is 13.2. The van der Waals surface area contributed by atoms with Gasteiger partial charge in [0.05, 0.1) is 21.9 Å². The highest BCUT2D eigenvalue weighted by atomic mass is 35.5. The van der Waals surface area contributed by atoms with Gasteiger partial charge in [0.2, 0.25) is 5.91 Å². The number of benzene rings is 2. The van der Waals surface area contributed by atoms with E-state index in [2.05, 4.69) is 16.4 Å². The van der Waals surface area contributed by atoms with E-state index in [-0.39, 0.29) is 16.7 Å². The summed E-state index contributed by atoms with van der Waals surface area (Å²) in [6.45, 7) is 1.97. The smallest absolute Gasteiger partial charge is 0.234 e. The van der Waals surface area contributed by atoms with Crippen molar-refractivity contribution >= 4 is 45.9 Å². The van der Waals surface area contributed by atoms with Crippen molar-refractivity contribution in [1.29, 1.82) is 5.26 Å². The maximum absolute atomic E-state index is 13.2. The molecule has 3 rings (SSSR count). The van der Waals surface area contributed by atoms with Crippen LogP contribution in [0.25, 0.3) is 10.9 Å². The first-order valence-corrected chi connectivity index (χ1v) is 9.02. The van der Waals surface area contributed by atoms with E-state index in [1.807, 2.05) is 25.1 Å². The number of nitriles is 1. The Morgan fingerprint density at radius 1 is 1.31 bits per heavy atom. The van der Waals surface area contributed by atoms with Crippen LogP contribution in [-0.4, -0.2) is 16.6 Å². The number of nitrogens with one attached hydrogen (secondary N) is 1. The highest BCUT2D eigenvalue weighted by Crippen LogP contribution is 2.26. The van der Waals surface area contributed by atoms with Crippen LogP contribution >= 0.6 is 23.4 Å². The van der Waals surface area contributed by atoms with Crippen molar-refractivity contribution in [2.75, 3.05) is 11.1 Å². The zero-order valence-electron chi connectivity index (χ0n) is 13.7. The van der Waals surface area contributed by atoms with Crippen LogP contribution in [0.4, 0.5) is 10.1 Å². The van der Waals surface area contributed by atoms with Crippen LogP contribution in [0, 0.1) is 24.1 Å². The van der Waals surface area contributed by atoms with E-state index < -0.39 is 5.82 Å². The fourth-order valence-corrected chi connectivity index (χ4v) is 3.30. The molecule has 1 N–H and O–H groups in total. The Hall–Kier alpha value is -2.62. The van der Waals surface area contributed by atoms with Crippen molar-refractivity contribution in [3.05, 3.63) is 64.4 Å². The summed E-state index contributed by atoms with van der Waals surface area (Å²) in [4.78, 5) is 16.6. The van der Waals surface area contributed by atoms with Gasteiger partial charge in [-0.2, -0.15) is 5.26 Å². The lowest BCUT2D eigenvalue weighted by Gasteiger charge is -2.08. The van der Waals surface area contributed by atoms with Crippen molar-refractivity contribution in [2.24, 2.45) is 0 Å². The van der Waals surface area contributed by atoms with Gasteiger partial charge in [0.25, 0.3) is 0 Å². The minimum absolute atomic E-state index is 0.0613. The van der Waals surface area contributed by atoms with Crippen molar-refractivity contribution in [2.45, 2.75) is 11.9 Å². The molecule has 130 valence electrons. The summed E-state index contributed by atoms with van der Waals surface area (Å²) in [6.07, 6.45) is 0. The van der Waals surface area contributed by atoms with E-state index in [9.17, 15) is 14.4 Å². The van der Waals surface area contributed by atoms with Crippen LogP contribution in [0.2, 0.25) is 5.02 Å². The molecule has 3 aromatic rings. The van der Waals surface area contributed by atoms with Gasteiger partial charge in [-0.05, 0) is 42.8 Å². The summed E-state index contributed by atoms with van der Waals surface area (Å²) in [5, 5.41) is 13.3. The topological polar surface area (TPSA) is 65.8 Å². The first-order chi connectivity index (χ1) is 12.5. The van der Waals surface area contributed by atoms with Gasteiger partial charge in [-0.3, -0.25) is 4.79 Å². The number of pyridine rings is 1. The van der Waals surface area contributed by atoms with Gasteiger partial charge < -0.3 is 5.32 Å². The average molecular weight is 386 g/mol. The lowest BCUT2D eigenvalue weighted by molar-refractivity contribution is -0.113. The number of amides is 1. The first kappa shape index (κ1) is 18.2. The Morgan fingerprint density at radius 3 is 2.85 bits per heavy atom. The van der Waals surface area contributed by atoms with E-state index in [1.54, 1.807) is 6.07 Å². The molecule has 4 nitrogen and oxygen atoms in total. The molecule has 0 aliphatic carbocycles. The molecule has 0 unspecified atom stereocenters. The predicted octanol–water partition coefficient (Wildman–Crippen LogP) is 4.94. The van der Waals surface area contributed by atoms with Crippen molar-refractivity contribution in [3.8, 4) is 6.07 Å². The number of carbonyl (C=O) groups is 1. The van der Waals surface area contributed by atoms with Crippen LogP contribution in [0.15, 0.2) is 47.5 Å². The molecule has 26 heavy (non-hydrogen) atoms. The minimum atomic E-state index is -0.548. The van der Waals surface area contributed by atoms with Gasteiger partial charge in [0, 0.05) is 11.1 Å². The first-order valence-electron chi connectivity index (χ1n) is 7.65. The Labute approximate surface area is 159 Å². The quantitative estimate of drug-likeness (QED) is 0.646. The van der Waals surface area contributed by atoms with Crippen LogP contribution in [0.5, 0.6) is 0 Å². The number of aromatic nitrogens is 1. The lowest BCUT2D eigenvalue weighted by Crippen LogP contribution is -2.14. The van der Waals surface area contributed by atoms with Gasteiger partial charge in [-0.15, -0.1) is 0 Å². The number of carbonyl (C=O) groups excluding carboxylic acids is 1. The molecule has 0 atom stereocenters. The van der Waals surface area contributed by atoms with E-state index in [0.29, 0.717) is 16.3 Å². The Bertz CT molecular complexity index is 1050. The second-order valence-corrected chi connectivity index (χ2v) is 6.99. The molecule has 7 heteroatoms. The van der Waals surface area contributed by atoms with Crippen LogP contribution in [0.3, 0.4) is 0 Å². The van der Waals surface area contributed by atoms with Gasteiger partial charge in [0.15, 0.2) is 0 Å². The largest absolute Gasteiger partial charge is 0.325 e. The van der Waals surface area contributed by atoms with Crippen LogP contribution in [0.1, 0.15) is 11.1 Å². The molecule has 1 aromatic heterocycles. The predicted molar refractivity (Wildman–Crippen MR) is 102 cm³/mol. The van der Waals surface area contributed by atoms with Gasteiger partial charge in [-0.1, -0.05) is 35.5 Å². The van der Waals surface area contributed by atoms with Crippen LogP contribution in [-0.2, 0) is 4.79 Å². The molecule has 0 bridgehead atoms. The number of hydrogen-bond donors (Lipinski definition) is 1. The van der Waals surface area contributed by atoms with Gasteiger partial charge in [-0.25, -0.2) is 9.37 Å². The molecule has 1 amide bonds. The number of anilines is 1. The monoisotopic (exact) mass is 385 g/mol. The zero-order valence-corrected chi connectivity index (χ0v) is 15.3. The van der Waals surface area contributed by atoms with E-state index in [1.165, 1.54) is 30.0 Å². The van der Waals surface area contributed by atoms with Gasteiger partial charge >= 0.3 is 0 Å². The van der Waals surface area contributed by atoms with Crippen molar-refractivity contribution < 1.29 is 9.18 Å². The number of fused-ring (bicyclic) bond motifs is 1. The minimum Gasteiger partial charge on any atom is -0.325 e. The highest BCUT2D eigenvalue weighted by Gasteiger charge is 2.11. The fraction of sp³-hybridized carbons (Fsp3) is 0.105. The molecule has 0 radical (unpaired) electrons. The number of halogens is 2. The van der Waals surface area contributed by atoms with E-state index in [0.717, 1.165) is 16.5 Å². The van der Waals surface area contributed by atoms with E-state index in [4.69, 9.17) is 11.6 Å². The molecule has 0 spiro atoms. The zero-order chi connectivity index (χ0) is 18.7. The maximum atomic E-state index is 13.2. The molecule has 0 saturated heterocycles. The number of hydrogen-bond acceptors (Lipinski definition) is 4. The number of nitrogens with zero attached hydrogens (tertiary/aromatic N) is 2. The molecule has 0 aliphatic rings. The second-order valence-electron chi connectivity index (χ2n) is 5.61. The summed E-state index contributed by atoms with van der Waals surface area (Å²) in [7, 11) is 0. The molecule has 2 aromatic carbocycles. The molecule has 0 aliphatic heterocycles. The van der Waals surface area contributed by atoms with Gasteiger partial charge in [0.1, 0.15) is 16.9 Å². The molecule has 1 heterocycles. The summed E-state index contributed by atoms with van der Waals surface area (Å²) in [5.41, 5.74) is 2.67. The SMILES string of the molecule is Cc1ccc2cc(C#N)c(SCC(=O)Nc3ccc(F)c(Cl)c3)nc2c1. The number of rotatable bonds is 4. The standard InChI is InChI=1S/C19H13ClFN3OS/c1-11-2-3-12-7-13(9-22)19(24-17(12)6-11)26-10-18(25)23-14-4-5-16(21)15(20)8-14/h2-8H,10H2,1H3,(H,23,25). The number of thioether (sulfide) groups is 1. The molecular formula is C19H13ClFN3OS. The summed E-state index contributed by atoms with van der Waals surface area (Å²) >= 11 is 6.87.